The highest BCUT2D eigenvalue weighted by Crippen LogP contribution is 2.33. The molecule has 0 saturated carbocycles. The fraction of sp³-hybridized carbons (Fsp3) is 0.400. The molecule has 14 heavy (non-hydrogen) atoms. The summed E-state index contributed by atoms with van der Waals surface area (Å²) in [7, 11) is 1.29. The molecule has 4 heteroatoms. The van der Waals surface area contributed by atoms with Gasteiger partial charge >= 0.3 is 0 Å². The van der Waals surface area contributed by atoms with Gasteiger partial charge in [0.25, 0.3) is 5.92 Å². The first-order chi connectivity index (χ1) is 6.51. The summed E-state index contributed by atoms with van der Waals surface area (Å²) in [6.45, 7) is 1.35. The van der Waals surface area contributed by atoms with Crippen LogP contribution in [0, 0.1) is 5.82 Å². The number of methoxy groups -OCH3 is 1. The maximum atomic E-state index is 13.1. The van der Waals surface area contributed by atoms with Crippen molar-refractivity contribution in [2.45, 2.75) is 19.3 Å². The Labute approximate surface area is 80.5 Å². The van der Waals surface area contributed by atoms with E-state index in [-0.39, 0.29) is 17.7 Å². The molecule has 0 N–H and O–H groups in total. The lowest BCUT2D eigenvalue weighted by Crippen LogP contribution is -2.11. The zero-order valence-electron chi connectivity index (χ0n) is 7.98. The smallest absolute Gasteiger partial charge is 0.273 e. The van der Waals surface area contributed by atoms with Gasteiger partial charge in [0.2, 0.25) is 0 Å². The maximum Gasteiger partial charge on any atom is 0.273 e. The van der Waals surface area contributed by atoms with Gasteiger partial charge in [0, 0.05) is 12.0 Å². The van der Waals surface area contributed by atoms with E-state index in [4.69, 9.17) is 0 Å². The molecule has 0 fully saturated rings. The zero-order chi connectivity index (χ0) is 10.8. The van der Waals surface area contributed by atoms with Crippen molar-refractivity contribution in [1.82, 2.24) is 0 Å². The van der Waals surface area contributed by atoms with Crippen LogP contribution in [0.1, 0.15) is 18.9 Å². The number of rotatable bonds is 3. The third-order valence-corrected chi connectivity index (χ3v) is 2.02. The number of benzene rings is 1. The van der Waals surface area contributed by atoms with Crippen LogP contribution in [0.15, 0.2) is 18.2 Å². The summed E-state index contributed by atoms with van der Waals surface area (Å²) in [4.78, 5) is 0. The van der Waals surface area contributed by atoms with Crippen LogP contribution in [-0.2, 0) is 5.92 Å². The van der Waals surface area contributed by atoms with Crippen molar-refractivity contribution >= 4 is 0 Å². The second kappa shape index (κ2) is 3.90. The van der Waals surface area contributed by atoms with E-state index in [2.05, 4.69) is 4.74 Å². The Balaban J connectivity index is 3.08. The molecule has 0 heterocycles. The largest absolute Gasteiger partial charge is 0.494 e. The first-order valence-corrected chi connectivity index (χ1v) is 4.23. The molecule has 0 atom stereocenters. The number of ether oxygens (including phenoxy) is 1. The number of halogens is 3. The molecule has 1 nitrogen and oxygen atoms in total. The molecule has 1 rings (SSSR count). The lowest BCUT2D eigenvalue weighted by Gasteiger charge is -2.14. The number of alkyl halides is 2. The summed E-state index contributed by atoms with van der Waals surface area (Å²) >= 11 is 0. The molecular formula is C10H11F3O. The van der Waals surface area contributed by atoms with Gasteiger partial charge in [-0.15, -0.1) is 0 Å². The second-order valence-electron chi connectivity index (χ2n) is 2.91. The van der Waals surface area contributed by atoms with Crippen LogP contribution >= 0.6 is 0 Å². The van der Waals surface area contributed by atoms with Crippen LogP contribution in [0.5, 0.6) is 5.75 Å². The predicted molar refractivity (Wildman–Crippen MR) is 47.1 cm³/mol. The van der Waals surface area contributed by atoms with E-state index in [1.54, 1.807) is 0 Å². The monoisotopic (exact) mass is 204 g/mol. The number of hydrogen-bond donors (Lipinski definition) is 0. The summed E-state index contributed by atoms with van der Waals surface area (Å²) in [5.74, 6) is -3.77. The van der Waals surface area contributed by atoms with Gasteiger partial charge < -0.3 is 4.74 Å². The third-order valence-electron chi connectivity index (χ3n) is 2.02. The summed E-state index contributed by atoms with van der Waals surface area (Å²) in [6.07, 6.45) is -0.348. The quantitative estimate of drug-likeness (QED) is 0.733. The molecule has 0 aliphatic rings. The molecule has 78 valence electrons. The zero-order valence-corrected chi connectivity index (χ0v) is 7.98. The average molecular weight is 204 g/mol. The van der Waals surface area contributed by atoms with Crippen molar-refractivity contribution in [3.8, 4) is 5.75 Å². The Kier molecular flexibility index (Phi) is 3.03. The summed E-state index contributed by atoms with van der Waals surface area (Å²) < 4.78 is 43.9. The minimum atomic E-state index is -2.98. The molecule has 0 spiro atoms. The third kappa shape index (κ3) is 2.00. The van der Waals surface area contributed by atoms with E-state index in [1.165, 1.54) is 26.2 Å². The van der Waals surface area contributed by atoms with Crippen molar-refractivity contribution in [3.63, 3.8) is 0 Å². The molecule has 0 amide bonds. The van der Waals surface area contributed by atoms with E-state index >= 15 is 0 Å². The van der Waals surface area contributed by atoms with Crippen molar-refractivity contribution < 1.29 is 17.9 Å². The van der Waals surface area contributed by atoms with Crippen molar-refractivity contribution in [1.29, 1.82) is 0 Å². The summed E-state index contributed by atoms with van der Waals surface area (Å²) in [5, 5.41) is 0. The molecule has 1 aromatic rings. The Morgan fingerprint density at radius 3 is 2.43 bits per heavy atom. The Bertz CT molecular complexity index is 323. The predicted octanol–water partition coefficient (Wildman–Crippen LogP) is 3.34. The molecule has 0 radical (unpaired) electrons. The lowest BCUT2D eigenvalue weighted by molar-refractivity contribution is -0.00862. The minimum absolute atomic E-state index is 0.0272. The van der Waals surface area contributed by atoms with Crippen LogP contribution in [0.4, 0.5) is 13.2 Å². The normalized spacial score (nSPS) is 11.5. The summed E-state index contributed by atoms with van der Waals surface area (Å²) in [6, 6.07) is 3.18. The number of hydrogen-bond acceptors (Lipinski definition) is 1. The molecule has 1 aromatic carbocycles. The fourth-order valence-electron chi connectivity index (χ4n) is 1.10. The summed E-state index contributed by atoms with van der Waals surface area (Å²) in [5.41, 5.74) is -0.321. The van der Waals surface area contributed by atoms with Gasteiger partial charge in [-0.1, -0.05) is 6.92 Å². The molecule has 0 unspecified atom stereocenters. The first kappa shape index (κ1) is 10.9. The average Bonchev–Trinajstić information content (AvgIpc) is 2.17. The minimum Gasteiger partial charge on any atom is -0.494 e. The van der Waals surface area contributed by atoms with Crippen LogP contribution in [-0.4, -0.2) is 7.11 Å². The van der Waals surface area contributed by atoms with Gasteiger partial charge in [-0.05, 0) is 18.2 Å². The Morgan fingerprint density at radius 2 is 2.00 bits per heavy atom. The van der Waals surface area contributed by atoms with Gasteiger partial charge in [-0.25, -0.2) is 13.2 Å². The molecule has 0 aliphatic heterocycles. The lowest BCUT2D eigenvalue weighted by atomic mass is 10.1. The van der Waals surface area contributed by atoms with E-state index in [9.17, 15) is 13.2 Å². The molecule has 0 saturated heterocycles. The van der Waals surface area contributed by atoms with E-state index in [1.807, 2.05) is 0 Å². The second-order valence-corrected chi connectivity index (χ2v) is 2.91. The van der Waals surface area contributed by atoms with Gasteiger partial charge in [0.15, 0.2) is 11.6 Å². The first-order valence-electron chi connectivity index (χ1n) is 4.23. The van der Waals surface area contributed by atoms with Gasteiger partial charge in [0.05, 0.1) is 7.11 Å². The van der Waals surface area contributed by atoms with Gasteiger partial charge in [-0.2, -0.15) is 0 Å². The molecular weight excluding hydrogens is 193 g/mol. The molecule has 0 aliphatic carbocycles. The van der Waals surface area contributed by atoms with Gasteiger partial charge in [-0.3, -0.25) is 0 Å². The van der Waals surface area contributed by atoms with E-state index in [0.717, 1.165) is 6.07 Å². The molecule has 0 bridgehead atoms. The highest BCUT2D eigenvalue weighted by atomic mass is 19.3. The highest BCUT2D eigenvalue weighted by Gasteiger charge is 2.29. The van der Waals surface area contributed by atoms with Gasteiger partial charge in [0.1, 0.15) is 0 Å². The standard InChI is InChI=1S/C10H11F3O/c1-3-10(12,13)7-4-5-9(14-2)8(11)6-7/h4-6H,3H2,1-2H3. The fourth-order valence-corrected chi connectivity index (χ4v) is 1.10. The SMILES string of the molecule is CCC(F)(F)c1ccc(OC)c(F)c1. The Morgan fingerprint density at radius 1 is 1.36 bits per heavy atom. The van der Waals surface area contributed by atoms with E-state index in [0.29, 0.717) is 0 Å². The van der Waals surface area contributed by atoms with Crippen molar-refractivity contribution in [2.75, 3.05) is 7.11 Å². The van der Waals surface area contributed by atoms with Crippen LogP contribution in [0.2, 0.25) is 0 Å². The maximum absolute atomic E-state index is 13.1. The van der Waals surface area contributed by atoms with Crippen LogP contribution < -0.4 is 4.74 Å². The topological polar surface area (TPSA) is 9.23 Å². The highest BCUT2D eigenvalue weighted by molar-refractivity contribution is 5.31. The molecule has 0 aromatic heterocycles. The Hall–Kier alpha value is -1.19. The van der Waals surface area contributed by atoms with Crippen LogP contribution in [0.3, 0.4) is 0 Å². The van der Waals surface area contributed by atoms with Crippen molar-refractivity contribution in [3.05, 3.63) is 29.6 Å². The van der Waals surface area contributed by atoms with Crippen molar-refractivity contribution in [2.24, 2.45) is 0 Å². The van der Waals surface area contributed by atoms with Crippen LogP contribution in [0.25, 0.3) is 0 Å². The van der Waals surface area contributed by atoms with E-state index < -0.39 is 11.7 Å².